The molecule has 1 rings (SSSR count). The van der Waals surface area contributed by atoms with Gasteiger partial charge in [-0.05, 0) is 24.8 Å². The molecule has 138 valence electrons. The van der Waals surface area contributed by atoms with Crippen LogP contribution in [0.5, 0.6) is 0 Å². The van der Waals surface area contributed by atoms with Gasteiger partial charge in [0.15, 0.2) is 0 Å². The molecule has 0 unspecified atom stereocenters. The molecule has 25 heavy (non-hydrogen) atoms. The molecule has 2 amide bonds. The Morgan fingerprint density at radius 2 is 1.72 bits per heavy atom. The van der Waals surface area contributed by atoms with Crippen molar-refractivity contribution in [1.29, 1.82) is 0 Å². The van der Waals surface area contributed by atoms with Gasteiger partial charge in [-0.3, -0.25) is 9.59 Å². The van der Waals surface area contributed by atoms with E-state index in [1.807, 2.05) is 44.2 Å². The Morgan fingerprint density at radius 1 is 1.08 bits per heavy atom. The average molecular weight is 349 g/mol. The second kappa shape index (κ2) is 10.5. The molecule has 7 heteroatoms. The summed E-state index contributed by atoms with van der Waals surface area (Å²) in [5, 5.41) is 5.15. The number of benzene rings is 1. The monoisotopic (exact) mass is 349 g/mol. The van der Waals surface area contributed by atoms with Crippen LogP contribution < -0.4 is 16.4 Å². The number of rotatable bonds is 9. The van der Waals surface area contributed by atoms with Crippen LogP contribution in [-0.2, 0) is 25.7 Å². The Morgan fingerprint density at radius 3 is 2.28 bits per heavy atom. The van der Waals surface area contributed by atoms with Gasteiger partial charge in [-0.15, -0.1) is 0 Å². The molecule has 1 aromatic carbocycles. The van der Waals surface area contributed by atoms with Gasteiger partial charge in [0.05, 0.1) is 6.54 Å². The Hall–Kier alpha value is -2.41. The van der Waals surface area contributed by atoms with Crippen molar-refractivity contribution in [2.75, 3.05) is 6.54 Å². The normalized spacial score (nSPS) is 13.0. The third kappa shape index (κ3) is 7.80. The summed E-state index contributed by atoms with van der Waals surface area (Å²) in [5.74, 6) is -1.19. The van der Waals surface area contributed by atoms with E-state index in [1.165, 1.54) is 0 Å². The number of carbonyl (C=O) groups excluding carboxylic acids is 3. The molecule has 1 aromatic rings. The minimum Gasteiger partial charge on any atom is -0.459 e. The second-order valence-corrected chi connectivity index (χ2v) is 6.28. The van der Waals surface area contributed by atoms with E-state index in [9.17, 15) is 14.4 Å². The first-order valence-corrected chi connectivity index (χ1v) is 8.33. The van der Waals surface area contributed by atoms with Gasteiger partial charge in [-0.1, -0.05) is 44.2 Å². The molecule has 2 atom stereocenters. The van der Waals surface area contributed by atoms with E-state index in [-0.39, 0.29) is 19.1 Å². The fourth-order valence-electron chi connectivity index (χ4n) is 2.18. The predicted octanol–water partition coefficient (Wildman–Crippen LogP) is 0.724. The van der Waals surface area contributed by atoms with E-state index in [1.54, 1.807) is 6.92 Å². The van der Waals surface area contributed by atoms with Gasteiger partial charge in [0.1, 0.15) is 18.7 Å². The van der Waals surface area contributed by atoms with Crippen molar-refractivity contribution < 1.29 is 19.1 Å². The van der Waals surface area contributed by atoms with Gasteiger partial charge in [0.25, 0.3) is 0 Å². The molecule has 0 spiro atoms. The smallest absolute Gasteiger partial charge is 0.328 e. The molecule has 0 heterocycles. The summed E-state index contributed by atoms with van der Waals surface area (Å²) in [5.41, 5.74) is 6.14. The molecular formula is C18H27N3O4. The fraction of sp³-hybridized carbons (Fsp3) is 0.500. The van der Waals surface area contributed by atoms with Crippen molar-refractivity contribution in [3.63, 3.8) is 0 Å². The lowest BCUT2D eigenvalue weighted by molar-refractivity contribution is -0.148. The summed E-state index contributed by atoms with van der Waals surface area (Å²) in [6.07, 6.45) is 0.448. The van der Waals surface area contributed by atoms with Crippen LogP contribution in [0.15, 0.2) is 30.3 Å². The molecular weight excluding hydrogens is 322 g/mol. The number of esters is 1. The van der Waals surface area contributed by atoms with Crippen LogP contribution >= 0.6 is 0 Å². The molecule has 0 aliphatic carbocycles. The van der Waals surface area contributed by atoms with Gasteiger partial charge in [0, 0.05) is 0 Å². The summed E-state index contributed by atoms with van der Waals surface area (Å²) >= 11 is 0. The zero-order valence-corrected chi connectivity index (χ0v) is 15.0. The Bertz CT molecular complexity index is 575. The maximum atomic E-state index is 12.3. The summed E-state index contributed by atoms with van der Waals surface area (Å²) in [6, 6.07) is 7.71. The minimum absolute atomic E-state index is 0.138. The highest BCUT2D eigenvalue weighted by atomic mass is 16.5. The SMILES string of the molecule is CC(C)C[C@H](NC(=O)CN)C(=O)N[C@@H](C)C(=O)OCc1ccccc1. The van der Waals surface area contributed by atoms with E-state index in [0.29, 0.717) is 6.42 Å². The second-order valence-electron chi connectivity index (χ2n) is 6.28. The van der Waals surface area contributed by atoms with Gasteiger partial charge < -0.3 is 21.1 Å². The first-order chi connectivity index (χ1) is 11.8. The first-order valence-electron chi connectivity index (χ1n) is 8.33. The molecule has 0 aromatic heterocycles. The summed E-state index contributed by atoms with van der Waals surface area (Å²) in [4.78, 5) is 35.9. The topological polar surface area (TPSA) is 111 Å². The van der Waals surface area contributed by atoms with Crippen molar-refractivity contribution in [3.05, 3.63) is 35.9 Å². The van der Waals surface area contributed by atoms with Crippen molar-refractivity contribution in [2.24, 2.45) is 11.7 Å². The van der Waals surface area contributed by atoms with Crippen molar-refractivity contribution >= 4 is 17.8 Å². The van der Waals surface area contributed by atoms with Crippen molar-refractivity contribution in [1.82, 2.24) is 10.6 Å². The van der Waals surface area contributed by atoms with E-state index in [2.05, 4.69) is 10.6 Å². The lowest BCUT2D eigenvalue weighted by atomic mass is 10.0. The fourth-order valence-corrected chi connectivity index (χ4v) is 2.18. The Kier molecular flexibility index (Phi) is 8.63. The lowest BCUT2D eigenvalue weighted by Gasteiger charge is -2.22. The molecule has 4 N–H and O–H groups in total. The molecule has 0 aliphatic rings. The number of ether oxygens (including phenoxy) is 1. The van der Waals surface area contributed by atoms with E-state index < -0.39 is 29.9 Å². The molecule has 0 saturated heterocycles. The molecule has 0 aliphatic heterocycles. The van der Waals surface area contributed by atoms with Crippen molar-refractivity contribution in [2.45, 2.75) is 45.9 Å². The van der Waals surface area contributed by atoms with Crippen LogP contribution in [0.25, 0.3) is 0 Å². The largest absolute Gasteiger partial charge is 0.459 e. The number of hydrogen-bond acceptors (Lipinski definition) is 5. The number of nitrogens with one attached hydrogen (secondary N) is 2. The van der Waals surface area contributed by atoms with E-state index in [0.717, 1.165) is 5.56 Å². The quantitative estimate of drug-likeness (QED) is 0.569. The maximum Gasteiger partial charge on any atom is 0.328 e. The van der Waals surface area contributed by atoms with Crippen LogP contribution in [-0.4, -0.2) is 36.4 Å². The minimum atomic E-state index is -0.819. The molecule has 0 radical (unpaired) electrons. The van der Waals surface area contributed by atoms with Crippen LogP contribution in [0.3, 0.4) is 0 Å². The Labute approximate surface area is 148 Å². The average Bonchev–Trinajstić information content (AvgIpc) is 2.59. The zero-order valence-electron chi connectivity index (χ0n) is 15.0. The van der Waals surface area contributed by atoms with Crippen molar-refractivity contribution in [3.8, 4) is 0 Å². The zero-order chi connectivity index (χ0) is 18.8. The number of carbonyl (C=O) groups is 3. The molecule has 0 saturated carbocycles. The number of amides is 2. The van der Waals surface area contributed by atoms with Crippen LogP contribution in [0.1, 0.15) is 32.8 Å². The standard InChI is InChI=1S/C18H27N3O4/c1-12(2)9-15(21-16(22)10-19)17(23)20-13(3)18(24)25-11-14-7-5-4-6-8-14/h4-8,12-13,15H,9-11,19H2,1-3H3,(H,20,23)(H,21,22)/t13-,15-/m0/s1. The molecule has 7 nitrogen and oxygen atoms in total. The first kappa shape index (κ1) is 20.6. The number of nitrogens with two attached hydrogens (primary N) is 1. The summed E-state index contributed by atoms with van der Waals surface area (Å²) in [7, 11) is 0. The van der Waals surface area contributed by atoms with Crippen LogP contribution in [0, 0.1) is 5.92 Å². The van der Waals surface area contributed by atoms with Gasteiger partial charge in [-0.25, -0.2) is 4.79 Å². The molecule has 0 fully saturated rings. The predicted molar refractivity (Wildman–Crippen MR) is 94.3 cm³/mol. The molecule has 0 bridgehead atoms. The summed E-state index contributed by atoms with van der Waals surface area (Å²) < 4.78 is 5.19. The van der Waals surface area contributed by atoms with E-state index >= 15 is 0 Å². The van der Waals surface area contributed by atoms with Crippen LogP contribution in [0.4, 0.5) is 0 Å². The third-order valence-electron chi connectivity index (χ3n) is 3.48. The van der Waals surface area contributed by atoms with Crippen LogP contribution in [0.2, 0.25) is 0 Å². The highest BCUT2D eigenvalue weighted by molar-refractivity contribution is 5.90. The third-order valence-corrected chi connectivity index (χ3v) is 3.48. The van der Waals surface area contributed by atoms with Gasteiger partial charge in [-0.2, -0.15) is 0 Å². The Balaban J connectivity index is 2.55. The summed E-state index contributed by atoms with van der Waals surface area (Å²) in [6.45, 7) is 5.36. The van der Waals surface area contributed by atoms with E-state index in [4.69, 9.17) is 10.5 Å². The van der Waals surface area contributed by atoms with Gasteiger partial charge in [0.2, 0.25) is 11.8 Å². The highest BCUT2D eigenvalue weighted by Gasteiger charge is 2.25. The highest BCUT2D eigenvalue weighted by Crippen LogP contribution is 2.06. The maximum absolute atomic E-state index is 12.3. The van der Waals surface area contributed by atoms with Gasteiger partial charge >= 0.3 is 5.97 Å². The number of hydrogen-bond donors (Lipinski definition) is 3. The lowest BCUT2D eigenvalue weighted by Crippen LogP contribution is -2.52.